The Labute approximate surface area is 125 Å². The van der Waals surface area contributed by atoms with Crippen molar-refractivity contribution in [2.45, 2.75) is 46.2 Å². The molecule has 0 bridgehead atoms. The van der Waals surface area contributed by atoms with Gasteiger partial charge in [-0.25, -0.2) is 0 Å². The van der Waals surface area contributed by atoms with Crippen LogP contribution in [0.1, 0.15) is 32.2 Å². The summed E-state index contributed by atoms with van der Waals surface area (Å²) in [6.07, 6.45) is 3.79. The molecule has 1 aromatic heterocycles. The molecule has 0 aliphatic heterocycles. The summed E-state index contributed by atoms with van der Waals surface area (Å²) in [7, 11) is 0. The summed E-state index contributed by atoms with van der Waals surface area (Å²) in [4.78, 5) is 0. The van der Waals surface area contributed by atoms with Gasteiger partial charge in [0, 0.05) is 19.0 Å². The van der Waals surface area contributed by atoms with Crippen LogP contribution in [-0.2, 0) is 19.4 Å². The van der Waals surface area contributed by atoms with E-state index in [0.717, 1.165) is 41.5 Å². The highest BCUT2D eigenvalue weighted by atomic mass is 35.5. The molecular weight excluding hydrogens is 280 g/mol. The third kappa shape index (κ3) is 4.12. The highest BCUT2D eigenvalue weighted by Gasteiger charge is 2.22. The number of aromatic nitrogens is 2. The van der Waals surface area contributed by atoms with Crippen molar-refractivity contribution in [2.75, 3.05) is 12.0 Å². The van der Waals surface area contributed by atoms with E-state index in [1.165, 1.54) is 0 Å². The summed E-state index contributed by atoms with van der Waals surface area (Å²) in [5.74, 6) is 7.26. The van der Waals surface area contributed by atoms with Crippen molar-refractivity contribution in [1.29, 1.82) is 0 Å². The van der Waals surface area contributed by atoms with Crippen LogP contribution in [0.3, 0.4) is 0 Å². The van der Waals surface area contributed by atoms with Crippen LogP contribution < -0.4 is 11.3 Å². The maximum Gasteiger partial charge on any atom is 0.0850 e. The van der Waals surface area contributed by atoms with Crippen LogP contribution in [0.25, 0.3) is 0 Å². The number of hydrogen-bond acceptors (Lipinski definition) is 4. The van der Waals surface area contributed by atoms with Crippen molar-refractivity contribution in [2.24, 2.45) is 11.8 Å². The first kappa shape index (κ1) is 16.8. The van der Waals surface area contributed by atoms with Gasteiger partial charge in [0.2, 0.25) is 0 Å². The Morgan fingerprint density at radius 1 is 1.47 bits per heavy atom. The largest absolute Gasteiger partial charge is 0.271 e. The van der Waals surface area contributed by atoms with Crippen molar-refractivity contribution in [3.05, 3.63) is 16.4 Å². The molecule has 0 saturated heterocycles. The second-order valence-electron chi connectivity index (χ2n) is 4.79. The van der Waals surface area contributed by atoms with Crippen LogP contribution in [0, 0.1) is 5.92 Å². The fourth-order valence-electron chi connectivity index (χ4n) is 2.22. The van der Waals surface area contributed by atoms with Crippen LogP contribution in [0.4, 0.5) is 0 Å². The van der Waals surface area contributed by atoms with Crippen LogP contribution in [0.15, 0.2) is 0 Å². The molecule has 6 heteroatoms. The van der Waals surface area contributed by atoms with Crippen LogP contribution in [0.2, 0.25) is 5.02 Å². The standard InChI is InChI=1S/C13H25ClN4S/c1-5-10-13(14)12(18(6-2)17-10)7-11(16-15)9(3)8-19-4/h9,11,16H,5-8,15H2,1-4H3. The van der Waals surface area contributed by atoms with Gasteiger partial charge in [-0.3, -0.25) is 16.0 Å². The first-order valence-corrected chi connectivity index (χ1v) is 8.55. The SMILES string of the molecule is CCc1nn(CC)c(CC(NN)C(C)CSC)c1Cl. The molecule has 1 rings (SSSR count). The normalized spacial score (nSPS) is 14.6. The van der Waals surface area contributed by atoms with Gasteiger partial charge in [0.1, 0.15) is 0 Å². The second-order valence-corrected chi connectivity index (χ2v) is 6.08. The van der Waals surface area contributed by atoms with Crippen molar-refractivity contribution >= 4 is 23.4 Å². The lowest BCUT2D eigenvalue weighted by Crippen LogP contribution is -2.42. The van der Waals surface area contributed by atoms with E-state index >= 15 is 0 Å². The molecule has 1 aromatic rings. The molecule has 2 atom stereocenters. The first-order chi connectivity index (χ1) is 9.08. The molecule has 0 aliphatic carbocycles. The van der Waals surface area contributed by atoms with E-state index in [-0.39, 0.29) is 6.04 Å². The Balaban J connectivity index is 2.92. The monoisotopic (exact) mass is 304 g/mol. The zero-order valence-corrected chi connectivity index (χ0v) is 13.8. The van der Waals surface area contributed by atoms with E-state index in [2.05, 4.69) is 37.6 Å². The first-order valence-electron chi connectivity index (χ1n) is 6.78. The number of nitrogens with two attached hydrogens (primary N) is 1. The Morgan fingerprint density at radius 3 is 2.63 bits per heavy atom. The fraction of sp³-hybridized carbons (Fsp3) is 0.769. The van der Waals surface area contributed by atoms with Gasteiger partial charge in [0.25, 0.3) is 0 Å². The second kappa shape index (κ2) is 8.15. The molecule has 0 saturated carbocycles. The molecule has 3 N–H and O–H groups in total. The predicted molar refractivity (Wildman–Crippen MR) is 84.7 cm³/mol. The lowest BCUT2D eigenvalue weighted by Gasteiger charge is -2.23. The molecule has 19 heavy (non-hydrogen) atoms. The minimum atomic E-state index is 0.219. The number of aryl methyl sites for hydroxylation is 2. The van der Waals surface area contributed by atoms with E-state index in [0.29, 0.717) is 5.92 Å². The minimum Gasteiger partial charge on any atom is -0.271 e. The maximum absolute atomic E-state index is 6.43. The molecular formula is C13H25ClN4S. The summed E-state index contributed by atoms with van der Waals surface area (Å²) in [6, 6.07) is 0.219. The number of thioether (sulfide) groups is 1. The van der Waals surface area contributed by atoms with Gasteiger partial charge in [0.15, 0.2) is 0 Å². The van der Waals surface area contributed by atoms with Crippen LogP contribution in [-0.4, -0.2) is 27.8 Å². The summed E-state index contributed by atoms with van der Waals surface area (Å²) < 4.78 is 2.00. The van der Waals surface area contributed by atoms with Crippen molar-refractivity contribution in [3.63, 3.8) is 0 Å². The van der Waals surface area contributed by atoms with E-state index in [1.807, 2.05) is 16.4 Å². The number of hydrazine groups is 1. The molecule has 110 valence electrons. The summed E-state index contributed by atoms with van der Waals surface area (Å²) in [5.41, 5.74) is 5.00. The molecule has 0 radical (unpaired) electrons. The highest BCUT2D eigenvalue weighted by Crippen LogP contribution is 2.24. The van der Waals surface area contributed by atoms with Crippen molar-refractivity contribution in [1.82, 2.24) is 15.2 Å². The quantitative estimate of drug-likeness (QED) is 0.572. The molecule has 4 nitrogen and oxygen atoms in total. The molecule has 0 amide bonds. The Morgan fingerprint density at radius 2 is 2.16 bits per heavy atom. The van der Waals surface area contributed by atoms with E-state index < -0.39 is 0 Å². The maximum atomic E-state index is 6.43. The summed E-state index contributed by atoms with van der Waals surface area (Å²) in [5, 5.41) is 5.36. The van der Waals surface area contributed by atoms with Crippen LogP contribution >= 0.6 is 23.4 Å². The molecule has 0 aliphatic rings. The van der Waals surface area contributed by atoms with Gasteiger partial charge < -0.3 is 0 Å². The number of halogens is 1. The van der Waals surface area contributed by atoms with E-state index in [9.17, 15) is 0 Å². The topological polar surface area (TPSA) is 55.9 Å². The number of nitrogens with zero attached hydrogens (tertiary/aromatic N) is 2. The molecule has 2 unspecified atom stereocenters. The number of rotatable bonds is 8. The predicted octanol–water partition coefficient (Wildman–Crippen LogP) is 2.49. The van der Waals surface area contributed by atoms with Crippen molar-refractivity contribution < 1.29 is 0 Å². The molecule has 0 spiro atoms. The number of hydrogen-bond donors (Lipinski definition) is 2. The average molecular weight is 305 g/mol. The van der Waals surface area contributed by atoms with Gasteiger partial charge in [0.05, 0.1) is 16.4 Å². The number of nitrogens with one attached hydrogen (secondary N) is 1. The Hall–Kier alpha value is -0.230. The Bertz CT molecular complexity index is 394. The lowest BCUT2D eigenvalue weighted by atomic mass is 9.99. The lowest BCUT2D eigenvalue weighted by molar-refractivity contribution is 0.399. The minimum absolute atomic E-state index is 0.219. The summed E-state index contributed by atoms with van der Waals surface area (Å²) in [6.45, 7) is 7.21. The van der Waals surface area contributed by atoms with Gasteiger partial charge in [-0.1, -0.05) is 25.4 Å². The van der Waals surface area contributed by atoms with E-state index in [1.54, 1.807) is 0 Å². The molecule has 0 fully saturated rings. The fourth-order valence-corrected chi connectivity index (χ4v) is 3.33. The van der Waals surface area contributed by atoms with Crippen LogP contribution in [0.5, 0.6) is 0 Å². The Kier molecular flexibility index (Phi) is 7.21. The smallest absolute Gasteiger partial charge is 0.0850 e. The van der Waals surface area contributed by atoms with Gasteiger partial charge in [-0.2, -0.15) is 16.9 Å². The zero-order valence-electron chi connectivity index (χ0n) is 12.2. The molecule has 1 heterocycles. The van der Waals surface area contributed by atoms with E-state index in [4.69, 9.17) is 17.4 Å². The third-order valence-corrected chi connectivity index (χ3v) is 4.73. The van der Waals surface area contributed by atoms with Gasteiger partial charge in [-0.15, -0.1) is 0 Å². The van der Waals surface area contributed by atoms with Crippen molar-refractivity contribution in [3.8, 4) is 0 Å². The van der Waals surface area contributed by atoms with Gasteiger partial charge >= 0.3 is 0 Å². The highest BCUT2D eigenvalue weighted by molar-refractivity contribution is 7.98. The van der Waals surface area contributed by atoms with Gasteiger partial charge in [-0.05, 0) is 31.3 Å². The zero-order chi connectivity index (χ0) is 14.4. The average Bonchev–Trinajstić information content (AvgIpc) is 2.72. The molecule has 0 aromatic carbocycles. The third-order valence-electron chi connectivity index (χ3n) is 3.44. The summed E-state index contributed by atoms with van der Waals surface area (Å²) >= 11 is 8.27.